The summed E-state index contributed by atoms with van der Waals surface area (Å²) in [7, 11) is 0. The zero-order valence-electron chi connectivity index (χ0n) is 64.5. The number of nitrogens with two attached hydrogens (primary N) is 2. The normalized spacial score (nSPS) is 25.0. The number of aliphatic carboxylic acids is 1. The van der Waals surface area contributed by atoms with Crippen molar-refractivity contribution in [3.05, 3.63) is 164 Å². The Labute approximate surface area is 702 Å². The summed E-state index contributed by atoms with van der Waals surface area (Å²) in [6.45, 7) is 12.5. The summed E-state index contributed by atoms with van der Waals surface area (Å²) >= 11 is 21.4. The summed E-state index contributed by atoms with van der Waals surface area (Å²) in [5, 5.41) is 78.3. The number of aromatic amines is 4. The van der Waals surface area contributed by atoms with E-state index in [0.29, 0.717) is 48.8 Å². The number of ketones is 1. The van der Waals surface area contributed by atoms with Crippen LogP contribution in [-0.4, -0.2) is 231 Å². The SMILES string of the molecule is CC(=O)O[C@@]12CO[C@@H]1C[C@H](O)[C@@]1(C)C(=O)[C@H](O)C3=C(C)[C@@H](OC(=O)[C@H](O)[C@@H](NC(=O)OC(C)(C)C)c4ccccc4)C[C@@](O)([C@@H](OC(=O)c4ccccc4)[C@H]21)C3(C)C.Nc1ccn([C@@H]2O[C@H](CO)[C@@H](O)C2(F)F)c(=O)n1.Nc1nc(=S)c2[nH]cnc2[nH]1.O=C(O)CCCc1ccc(N(CCCl)CCCl)cc1.S=c1nc[nH]c2nc[nH]c12.[Pt]. The maximum Gasteiger partial charge on any atom is 0.408 e. The molecule has 8 aromatic rings. The molecule has 5 aromatic heterocycles. The predicted octanol–water partition coefficient (Wildman–Crippen LogP) is 6.96. The van der Waals surface area contributed by atoms with Crippen LogP contribution in [0, 0.1) is 26.0 Å². The van der Waals surface area contributed by atoms with Gasteiger partial charge < -0.3 is 106 Å². The molecule has 16 N–H and O–H groups in total. The van der Waals surface area contributed by atoms with Crippen molar-refractivity contribution in [2.45, 2.75) is 171 Å². The number of carboxylic acids is 1. The van der Waals surface area contributed by atoms with Crippen LogP contribution < -0.4 is 27.4 Å². The summed E-state index contributed by atoms with van der Waals surface area (Å²) in [6.07, 6.45) is -9.84. The third-order valence-electron chi connectivity index (χ3n) is 20.7. The van der Waals surface area contributed by atoms with Gasteiger partial charge in [0.25, 0.3) is 0 Å². The largest absolute Gasteiger partial charge is 0.481 e. The maximum atomic E-state index is 14.9. The first-order valence-corrected chi connectivity index (χ1v) is 38.3. The molecule has 34 nitrogen and oxygen atoms in total. The molecule has 2 bridgehead atoms. The minimum absolute atomic E-state index is 0. The van der Waals surface area contributed by atoms with Gasteiger partial charge in [-0.3, -0.25) is 19.0 Å². The Balaban J connectivity index is 0.000000230. The van der Waals surface area contributed by atoms with Crippen LogP contribution in [0.4, 0.5) is 31.0 Å². The van der Waals surface area contributed by atoms with Gasteiger partial charge in [-0.1, -0.05) is 98.9 Å². The molecule has 636 valence electrons. The average Bonchev–Trinajstić information content (AvgIpc) is 1.08. The van der Waals surface area contributed by atoms with Crippen molar-refractivity contribution in [1.82, 2.24) is 54.7 Å². The van der Waals surface area contributed by atoms with Crippen LogP contribution in [-0.2, 0) is 75.1 Å². The number of aliphatic hydroxyl groups excluding tert-OH is 5. The van der Waals surface area contributed by atoms with E-state index in [1.807, 2.05) is 24.3 Å². The Morgan fingerprint density at radius 1 is 0.846 bits per heavy atom. The number of fused-ring (bicyclic) bond motifs is 7. The van der Waals surface area contributed by atoms with E-state index in [9.17, 15) is 67.9 Å². The molecule has 14 atom stereocenters. The number of Topliss-reactive ketones (excluding diaryl/α,β-unsaturated/α-hetero) is 1. The van der Waals surface area contributed by atoms with Crippen LogP contribution in [0.15, 0.2) is 132 Å². The summed E-state index contributed by atoms with van der Waals surface area (Å²) < 4.78 is 63.2. The topological polar surface area (TPSA) is 516 Å². The molecule has 0 radical (unpaired) electrons. The van der Waals surface area contributed by atoms with Gasteiger partial charge in [-0.05, 0) is 100 Å². The van der Waals surface area contributed by atoms with Gasteiger partial charge >= 0.3 is 41.6 Å². The molecule has 3 aliphatic carbocycles. The number of alkyl halides is 4. The molecular weight excluding hydrogens is 1800 g/mol. The van der Waals surface area contributed by atoms with Crippen LogP contribution in [0.25, 0.3) is 22.3 Å². The summed E-state index contributed by atoms with van der Waals surface area (Å²) in [5.41, 5.74) is 6.62. The Morgan fingerprint density at radius 2 is 1.45 bits per heavy atom. The number of aryl methyl sites for hydroxylation is 1. The van der Waals surface area contributed by atoms with E-state index in [4.69, 9.17) is 97.7 Å². The fourth-order valence-electron chi connectivity index (χ4n) is 14.8. The molecule has 2 aliphatic heterocycles. The van der Waals surface area contributed by atoms with E-state index in [0.717, 1.165) is 61.1 Å². The van der Waals surface area contributed by atoms with E-state index < -0.39 is 155 Å². The van der Waals surface area contributed by atoms with E-state index in [2.05, 4.69) is 55.1 Å². The number of imidazole rings is 2. The molecule has 7 heterocycles. The number of alkyl carbamates (subject to hydrolysis) is 1. The molecule has 0 unspecified atom stereocenters. The first kappa shape index (κ1) is 93.3. The number of nitrogens with one attached hydrogen (secondary N) is 5. The van der Waals surface area contributed by atoms with Crippen molar-refractivity contribution >= 4 is 123 Å². The van der Waals surface area contributed by atoms with Gasteiger partial charge in [0.2, 0.25) is 12.2 Å². The second-order valence-electron chi connectivity index (χ2n) is 29.6. The van der Waals surface area contributed by atoms with Crippen molar-refractivity contribution < 1.29 is 123 Å². The molecule has 2 saturated heterocycles. The number of esters is 3. The number of aromatic nitrogens is 10. The van der Waals surface area contributed by atoms with Gasteiger partial charge in [-0.25, -0.2) is 39.1 Å². The number of aliphatic hydroxyl groups is 6. The number of benzene rings is 3. The van der Waals surface area contributed by atoms with E-state index >= 15 is 0 Å². The number of hydrogen-bond donors (Lipinski definition) is 14. The fourth-order valence-corrected chi connectivity index (χ4v) is 15.7. The number of hydrogen-bond acceptors (Lipinski definition) is 29. The number of nitrogen functional groups attached to an aromatic ring is 2. The molecule has 41 heteroatoms. The van der Waals surface area contributed by atoms with Crippen LogP contribution >= 0.6 is 47.6 Å². The Morgan fingerprint density at radius 3 is 2.01 bits per heavy atom. The monoisotopic (exact) mass is 1890 g/mol. The smallest absolute Gasteiger partial charge is 0.408 e. The van der Waals surface area contributed by atoms with Gasteiger partial charge in [-0.2, -0.15) is 13.8 Å². The number of carboxylic acid groups (broad SMARTS) is 1. The van der Waals surface area contributed by atoms with Crippen LogP contribution in [0.2, 0.25) is 0 Å². The number of rotatable bonds is 19. The Kier molecular flexibility index (Phi) is 31.2. The molecule has 5 aliphatic rings. The molecule has 117 heavy (non-hydrogen) atoms. The molecule has 1 amide bonds. The number of carbonyl (C=O) groups is 6. The fraction of sp³-hybridized carbons (Fsp3) is 0.474. The molecular formula is C76H92Cl2F2N14O20PtS2. The van der Waals surface area contributed by atoms with Gasteiger partial charge in [0.1, 0.15) is 58.6 Å². The van der Waals surface area contributed by atoms with Crippen LogP contribution in [0.5, 0.6) is 0 Å². The van der Waals surface area contributed by atoms with Gasteiger partial charge in [0, 0.05) is 89.4 Å². The number of ether oxygens (including phenoxy) is 6. The van der Waals surface area contributed by atoms with Gasteiger partial charge in [-0.15, -0.1) is 23.2 Å². The number of H-pyrrole nitrogens is 4. The van der Waals surface area contributed by atoms with E-state index in [1.54, 1.807) is 89.5 Å². The molecule has 13 rings (SSSR count). The molecule has 0 spiro atoms. The molecule has 3 aromatic carbocycles. The Bertz CT molecular complexity index is 5030. The number of carbonyl (C=O) groups excluding carboxylic acids is 5. The predicted molar refractivity (Wildman–Crippen MR) is 422 cm³/mol. The van der Waals surface area contributed by atoms with Crippen LogP contribution in [0.3, 0.4) is 0 Å². The summed E-state index contributed by atoms with van der Waals surface area (Å²) in [5.74, 6) is -8.51. The minimum atomic E-state index is -3.71. The van der Waals surface area contributed by atoms with Crippen molar-refractivity contribution in [2.24, 2.45) is 16.7 Å². The second kappa shape index (κ2) is 39.2. The van der Waals surface area contributed by atoms with Crippen molar-refractivity contribution in [3.63, 3.8) is 0 Å². The van der Waals surface area contributed by atoms with Gasteiger partial charge in [0.05, 0.1) is 61.2 Å². The first-order valence-electron chi connectivity index (χ1n) is 36.4. The maximum absolute atomic E-state index is 14.9. The zero-order chi connectivity index (χ0) is 85.2. The van der Waals surface area contributed by atoms with E-state index in [-0.39, 0.29) is 69.0 Å². The number of halogens is 4. The Hall–Kier alpha value is -9.15. The third kappa shape index (κ3) is 20.8. The van der Waals surface area contributed by atoms with Crippen molar-refractivity contribution in [2.75, 3.05) is 54.4 Å². The second-order valence-corrected chi connectivity index (χ2v) is 31.1. The first-order chi connectivity index (χ1) is 54.7. The quantitative estimate of drug-likeness (QED) is 0.0128. The van der Waals surface area contributed by atoms with Crippen molar-refractivity contribution in [3.8, 4) is 0 Å². The molecule has 4 fully saturated rings. The average molecular weight is 1890 g/mol. The number of amides is 1. The number of nitrogens with zero attached hydrogens (tertiary/aromatic N) is 7. The van der Waals surface area contributed by atoms with Gasteiger partial charge in [0.15, 0.2) is 44.2 Å². The van der Waals surface area contributed by atoms with Crippen molar-refractivity contribution in [1.29, 1.82) is 0 Å². The minimum Gasteiger partial charge on any atom is -0.481 e. The summed E-state index contributed by atoms with van der Waals surface area (Å²) in [4.78, 5) is 123. The third-order valence-corrected chi connectivity index (χ3v) is 21.6. The molecule has 2 saturated carbocycles. The standard InChI is InChI=1S/C43H53NO14.C14H19Cl2NO2.C9H11F2N3O4.C5H5N5S.C5H4N4S.Pt/c1-22-26(55-37(51)32(48)30(24-15-11-9-12-16-24)44-38(52)58-39(3,4)5)20-43(53)35(56-36(50)25-17-13-10-14-18-25)33-41(8,34(49)31(47)29(22)40(43,6)7)27(46)19-28-42(33,21-54-28)57-23(2)45;15-8-10-17(11-9-16)13-6-4-12(5-7-13)2-1-3-14(18)19;10-9(11)6(16)4(3-15)18-7(9)14-2-1-5(12)13-8(14)17;6-5-9-3-2(4(11)10-5)7-1-8-3;10-5-3-4(7-1-6-3)8-2-9-5;/h9-18,26-28,30-33,35,46-48,53H,19-21H2,1-8H3,(H,44,52);4-7H,1-3,8-11H2,(H,18,19);1-2,4,6-7,15-16H,3H2,(H2,12,13,17);1H,(H4,6,7,8,9,10,11);1-2H,(H2,6,7,8,9,10);/t26-,27-,28+,30-,31+,32+,33-,35-,41+,42-,43+;;4-,6-,7-;;;/m0.1.../s1. The number of anilines is 3. The zero-order valence-corrected chi connectivity index (χ0v) is 69.9. The summed E-state index contributed by atoms with van der Waals surface area (Å²) in [6, 6.07) is 23.9. The van der Waals surface area contributed by atoms with Crippen LogP contribution in [0.1, 0.15) is 115 Å². The van der Waals surface area contributed by atoms with E-state index in [1.165, 1.54) is 38.6 Å².